The Kier molecular flexibility index (Phi) is 17.0. The smallest absolute Gasteiger partial charge is 0.324 e. The van der Waals surface area contributed by atoms with E-state index in [4.69, 9.17) is 14.5 Å². The molecule has 4 heterocycles. The van der Waals surface area contributed by atoms with E-state index in [9.17, 15) is 27.6 Å². The van der Waals surface area contributed by atoms with Crippen LogP contribution < -0.4 is 10.7 Å². The van der Waals surface area contributed by atoms with Gasteiger partial charge in [0, 0.05) is 80.3 Å². The molecule has 2 saturated heterocycles. The van der Waals surface area contributed by atoms with E-state index in [0.717, 1.165) is 50.1 Å². The molecule has 3 aromatic rings. The van der Waals surface area contributed by atoms with Crippen molar-refractivity contribution in [3.63, 3.8) is 0 Å². The van der Waals surface area contributed by atoms with E-state index >= 15 is 0 Å². The van der Waals surface area contributed by atoms with Gasteiger partial charge in [0.25, 0.3) is 5.91 Å². The van der Waals surface area contributed by atoms with Crippen molar-refractivity contribution in [3.05, 3.63) is 88.6 Å². The Morgan fingerprint density at radius 3 is 2.46 bits per heavy atom. The molecule has 2 aromatic carbocycles. The van der Waals surface area contributed by atoms with Crippen molar-refractivity contribution >= 4 is 56.4 Å². The van der Waals surface area contributed by atoms with Gasteiger partial charge in [-0.25, -0.2) is 13.8 Å². The van der Waals surface area contributed by atoms with E-state index in [1.165, 1.54) is 19.6 Å². The van der Waals surface area contributed by atoms with Crippen LogP contribution in [0.1, 0.15) is 98.4 Å². The van der Waals surface area contributed by atoms with Gasteiger partial charge in [0.15, 0.2) is 0 Å². The summed E-state index contributed by atoms with van der Waals surface area (Å²) in [6.07, 6.45) is 5.22. The predicted molar refractivity (Wildman–Crippen MR) is 272 cm³/mol. The van der Waals surface area contributed by atoms with Gasteiger partial charge in [0.05, 0.1) is 30.0 Å². The maximum absolute atomic E-state index is 14.8. The van der Waals surface area contributed by atoms with Gasteiger partial charge in [-0.2, -0.15) is 4.31 Å². The van der Waals surface area contributed by atoms with Crippen molar-refractivity contribution in [1.29, 1.82) is 0 Å². The van der Waals surface area contributed by atoms with Crippen molar-refractivity contribution < 1.29 is 37.1 Å². The minimum absolute atomic E-state index is 0.0102. The lowest BCUT2D eigenvalue weighted by Gasteiger charge is -2.37. The minimum atomic E-state index is -3.70. The number of benzene rings is 2. The lowest BCUT2D eigenvalue weighted by molar-refractivity contribution is -0.155. The molecule has 0 radical (unpaired) electrons. The number of fused-ring (bicyclic) bond motifs is 6. The Balaban J connectivity index is 1.42. The third kappa shape index (κ3) is 11.8. The number of sulfonamides is 1. The Hall–Kier alpha value is -5.42. The summed E-state index contributed by atoms with van der Waals surface area (Å²) in [6.45, 7) is 22.7. The van der Waals surface area contributed by atoms with E-state index in [-0.39, 0.29) is 44.0 Å². The fourth-order valence-corrected chi connectivity index (χ4v) is 11.5. The van der Waals surface area contributed by atoms with Gasteiger partial charge in [-0.05, 0) is 101 Å². The Bertz CT molecular complexity index is 2640. The number of aliphatic imine (C=N–C) groups is 1. The maximum atomic E-state index is 14.8. The topological polar surface area (TPSA) is 172 Å². The first-order valence-electron chi connectivity index (χ1n) is 24.2. The molecule has 5 atom stereocenters. The summed E-state index contributed by atoms with van der Waals surface area (Å²) in [5, 5.41) is 6.69. The van der Waals surface area contributed by atoms with Crippen LogP contribution in [0.5, 0.6) is 0 Å². The number of rotatable bonds is 13. The molecule has 15 nitrogen and oxygen atoms in total. The molecule has 6 bridgehead atoms. The normalized spacial score (nSPS) is 21.6. The SMILES string of the molecule is C=C/C(=C(\N=CC)[C@H](C)OC)c1c2c3cc(ccc3n1CC)-c1cccc(c1)C[C@H](NC(=O)[C@H](C(C)C)N(C)C(=O)[C@H]1CCN(S(=O)(=O)C=C(C)C)C1)C(=O)N1CCC[C@H](N1)C(=O)OCC(C)(C)C2. The van der Waals surface area contributed by atoms with Crippen LogP contribution in [0, 0.1) is 17.3 Å². The number of cyclic esters (lactones) is 1. The number of nitrogens with zero attached hydrogens (tertiary/aromatic N) is 5. The van der Waals surface area contributed by atoms with Gasteiger partial charge in [-0.3, -0.25) is 29.2 Å². The number of likely N-dealkylation sites (N-methyl/N-ethyl adjacent to an activating group) is 1. The second kappa shape index (κ2) is 22.1. The van der Waals surface area contributed by atoms with Gasteiger partial charge in [-0.1, -0.05) is 76.3 Å². The molecular weight excluding hydrogens is 895 g/mol. The number of nitrogens with one attached hydrogen (secondary N) is 2. The molecule has 1 aromatic heterocycles. The van der Waals surface area contributed by atoms with Gasteiger partial charge in [0.1, 0.15) is 18.1 Å². The molecule has 2 N–H and O–H groups in total. The van der Waals surface area contributed by atoms with Crippen molar-refractivity contribution in [1.82, 2.24) is 29.5 Å². The summed E-state index contributed by atoms with van der Waals surface area (Å²) in [5.41, 5.74) is 10.5. The van der Waals surface area contributed by atoms with Crippen LogP contribution in [-0.2, 0) is 58.1 Å². The van der Waals surface area contributed by atoms with E-state index in [1.807, 2.05) is 58.0 Å². The van der Waals surface area contributed by atoms with Crippen LogP contribution in [0.15, 0.2) is 76.8 Å². The monoisotopic (exact) mass is 968 g/mol. The first-order valence-corrected chi connectivity index (χ1v) is 25.7. The summed E-state index contributed by atoms with van der Waals surface area (Å²) < 4.78 is 41.5. The number of hydrogen-bond donors (Lipinski definition) is 2. The quantitative estimate of drug-likeness (QED) is 0.103. The number of carbonyl (C=O) groups excluding carboxylic acids is 4. The molecule has 2 fully saturated rings. The van der Waals surface area contributed by atoms with Crippen LogP contribution in [0.25, 0.3) is 27.6 Å². The lowest BCUT2D eigenvalue weighted by Crippen LogP contribution is -2.62. The Labute approximate surface area is 409 Å². The third-order valence-electron chi connectivity index (χ3n) is 13.4. The summed E-state index contributed by atoms with van der Waals surface area (Å²) in [7, 11) is -0.478. The van der Waals surface area contributed by atoms with Gasteiger partial charge >= 0.3 is 5.97 Å². The van der Waals surface area contributed by atoms with Crippen molar-refractivity contribution in [2.75, 3.05) is 40.4 Å². The number of allylic oxidation sites excluding steroid dienone is 3. The highest BCUT2D eigenvalue weighted by atomic mass is 32.2. The highest BCUT2D eigenvalue weighted by molar-refractivity contribution is 7.92. The zero-order valence-electron chi connectivity index (χ0n) is 42.4. The highest BCUT2D eigenvalue weighted by Crippen LogP contribution is 2.40. The number of aromatic nitrogens is 1. The van der Waals surface area contributed by atoms with Crippen molar-refractivity contribution in [2.45, 2.75) is 125 Å². The number of carbonyl (C=O) groups is 4. The lowest BCUT2D eigenvalue weighted by atomic mass is 9.84. The number of hydrogen-bond acceptors (Lipinski definition) is 10. The van der Waals surface area contributed by atoms with Crippen LogP contribution in [0.2, 0.25) is 0 Å². The molecule has 0 aliphatic carbocycles. The van der Waals surface area contributed by atoms with E-state index < -0.39 is 57.3 Å². The largest absolute Gasteiger partial charge is 0.464 e. The number of ether oxygens (including phenoxy) is 2. The molecule has 16 heteroatoms. The van der Waals surface area contributed by atoms with E-state index in [0.29, 0.717) is 44.3 Å². The zero-order valence-corrected chi connectivity index (χ0v) is 43.2. The Morgan fingerprint density at radius 2 is 1.81 bits per heavy atom. The second-order valence-electron chi connectivity index (χ2n) is 20.0. The summed E-state index contributed by atoms with van der Waals surface area (Å²) in [5.74, 6) is -2.78. The van der Waals surface area contributed by atoms with Crippen LogP contribution in [0.3, 0.4) is 0 Å². The van der Waals surface area contributed by atoms with Gasteiger partial charge in [-0.15, -0.1) is 0 Å². The molecule has 6 rings (SSSR count). The second-order valence-corrected chi connectivity index (χ2v) is 21.8. The van der Waals surface area contributed by atoms with Gasteiger partial charge < -0.3 is 24.3 Å². The fourth-order valence-electron chi connectivity index (χ4n) is 10.0. The third-order valence-corrected chi connectivity index (χ3v) is 15.3. The van der Waals surface area contributed by atoms with E-state index in [2.05, 4.69) is 60.9 Å². The maximum Gasteiger partial charge on any atom is 0.324 e. The molecular formula is C53H73N7O8S. The number of methoxy groups -OCH3 is 1. The van der Waals surface area contributed by atoms with Crippen molar-refractivity contribution in [3.8, 4) is 11.1 Å². The molecule has 374 valence electrons. The average Bonchev–Trinajstić information content (AvgIpc) is 3.93. The number of hydrazine groups is 1. The molecule has 3 aliphatic rings. The summed E-state index contributed by atoms with van der Waals surface area (Å²) in [4.78, 5) is 63.6. The first kappa shape index (κ1) is 52.9. The molecule has 0 saturated carbocycles. The molecule has 69 heavy (non-hydrogen) atoms. The molecule has 3 amide bonds. The Morgan fingerprint density at radius 1 is 1.09 bits per heavy atom. The standard InChI is InChI=1S/C53H73N7O8S/c1-13-40(46(54-14-2)35(8)67-12)48-42-29-53(9,10)32-68-52(64)43-20-17-24-60(56-43)51(63)44(27-36-18-16-19-37(26-36)38-21-22-45(41(42)28-38)59(48)15-3)55-49(61)47(34(6)7)57(11)50(62)39-23-25-58(30-39)69(65,66)31-33(4)5/h13-14,16,18-19,21-22,26,28,31,34-35,39,43-44,47,56H,1,15,17,20,23-25,27,29-30,32H2,2-12H3,(H,55,61)/b46-40+,54-14?/t35-,39-,43-,44-,47-/m0/s1. The van der Waals surface area contributed by atoms with Crippen LogP contribution >= 0.6 is 0 Å². The van der Waals surface area contributed by atoms with Gasteiger partial charge in [0.2, 0.25) is 21.8 Å². The number of aryl methyl sites for hydroxylation is 1. The average molecular weight is 968 g/mol. The predicted octanol–water partition coefficient (Wildman–Crippen LogP) is 7.06. The van der Waals surface area contributed by atoms with Crippen LogP contribution in [0.4, 0.5) is 0 Å². The fraction of sp³-hybridized carbons (Fsp3) is 0.528. The first-order chi connectivity index (χ1) is 32.6. The number of esters is 1. The molecule has 3 aliphatic heterocycles. The number of amides is 3. The van der Waals surface area contributed by atoms with E-state index in [1.54, 1.807) is 34.2 Å². The highest BCUT2D eigenvalue weighted by Gasteiger charge is 2.41. The van der Waals surface area contributed by atoms with Crippen molar-refractivity contribution in [2.24, 2.45) is 22.2 Å². The van der Waals surface area contributed by atoms with Crippen LogP contribution in [-0.4, -0.2) is 122 Å². The molecule has 0 spiro atoms. The zero-order chi connectivity index (χ0) is 50.5. The summed E-state index contributed by atoms with van der Waals surface area (Å²) >= 11 is 0. The summed E-state index contributed by atoms with van der Waals surface area (Å²) in [6, 6.07) is 11.5. The molecule has 0 unspecified atom stereocenters. The minimum Gasteiger partial charge on any atom is -0.464 e.